The van der Waals surface area contributed by atoms with Crippen LogP contribution in [0.15, 0.2) is 0 Å². The monoisotopic (exact) mass is 216 g/mol. The summed E-state index contributed by atoms with van der Waals surface area (Å²) >= 11 is 0. The van der Waals surface area contributed by atoms with Crippen molar-refractivity contribution in [3.05, 3.63) is 0 Å². The minimum absolute atomic E-state index is 0.540. The third kappa shape index (κ3) is 2.78. The summed E-state index contributed by atoms with van der Waals surface area (Å²) < 4.78 is 11.4. The average molecular weight is 216 g/mol. The minimum atomic E-state index is -0.540. The van der Waals surface area contributed by atoms with Crippen LogP contribution in [0, 0.1) is 0 Å². The van der Waals surface area contributed by atoms with Crippen LogP contribution in [0.2, 0.25) is 0 Å². The summed E-state index contributed by atoms with van der Waals surface area (Å²) in [5.41, 5.74) is 0. The molecule has 0 bridgehead atoms. The second-order valence-electron chi connectivity index (χ2n) is 4.22. The van der Waals surface area contributed by atoms with Gasteiger partial charge in [-0.25, -0.2) is 0 Å². The molecule has 0 aromatic rings. The van der Waals surface area contributed by atoms with E-state index in [0.717, 1.165) is 50.1 Å². The van der Waals surface area contributed by atoms with Crippen LogP contribution >= 0.6 is 0 Å². The first-order valence-corrected chi connectivity index (χ1v) is 7.15. The molecule has 4 heteroatoms. The van der Waals surface area contributed by atoms with Crippen LogP contribution in [0.1, 0.15) is 19.3 Å². The van der Waals surface area contributed by atoms with E-state index in [2.05, 4.69) is 10.2 Å². The summed E-state index contributed by atoms with van der Waals surface area (Å²) in [4.78, 5) is 2.56. The van der Waals surface area contributed by atoms with Crippen molar-refractivity contribution in [1.29, 1.82) is 0 Å². The van der Waals surface area contributed by atoms with E-state index in [0.29, 0.717) is 0 Å². The van der Waals surface area contributed by atoms with Gasteiger partial charge in [-0.3, -0.25) is 9.11 Å². The lowest BCUT2D eigenvalue weighted by Crippen LogP contribution is -2.44. The van der Waals surface area contributed by atoms with E-state index >= 15 is 0 Å². The second kappa shape index (κ2) is 5.24. The number of hydrogen-bond donors (Lipinski definition) is 1. The summed E-state index contributed by atoms with van der Waals surface area (Å²) in [7, 11) is -0.540. The highest BCUT2D eigenvalue weighted by Gasteiger charge is 2.22. The molecule has 0 aromatic heterocycles. The molecule has 0 aliphatic carbocycles. The van der Waals surface area contributed by atoms with Crippen LogP contribution in [0.25, 0.3) is 0 Å². The first-order valence-electron chi connectivity index (χ1n) is 5.66. The normalized spacial score (nSPS) is 32.7. The van der Waals surface area contributed by atoms with Gasteiger partial charge in [0.2, 0.25) is 0 Å². The van der Waals surface area contributed by atoms with Crippen LogP contribution in [-0.4, -0.2) is 52.8 Å². The minimum Gasteiger partial charge on any atom is -0.317 e. The van der Waals surface area contributed by atoms with E-state index in [-0.39, 0.29) is 0 Å². The van der Waals surface area contributed by atoms with Crippen molar-refractivity contribution in [2.75, 3.05) is 37.7 Å². The molecular formula is C10H20N2OS. The van der Waals surface area contributed by atoms with Crippen LogP contribution in [0.3, 0.4) is 0 Å². The van der Waals surface area contributed by atoms with Gasteiger partial charge in [0.25, 0.3) is 0 Å². The number of rotatable bonds is 1. The largest absolute Gasteiger partial charge is 0.317 e. The Bertz CT molecular complexity index is 204. The van der Waals surface area contributed by atoms with Crippen molar-refractivity contribution < 1.29 is 4.21 Å². The molecule has 2 aliphatic heterocycles. The molecule has 82 valence electrons. The molecule has 0 amide bonds. The van der Waals surface area contributed by atoms with Gasteiger partial charge in [0.1, 0.15) is 0 Å². The first kappa shape index (κ1) is 10.6. The summed E-state index contributed by atoms with van der Waals surface area (Å²) in [6.45, 7) is 4.53. The van der Waals surface area contributed by atoms with E-state index < -0.39 is 10.8 Å². The molecule has 0 radical (unpaired) electrons. The van der Waals surface area contributed by atoms with Gasteiger partial charge >= 0.3 is 0 Å². The molecule has 2 rings (SSSR count). The van der Waals surface area contributed by atoms with E-state index in [1.165, 1.54) is 12.8 Å². The Morgan fingerprint density at radius 1 is 1.14 bits per heavy atom. The maximum Gasteiger partial charge on any atom is 0.0362 e. The maximum absolute atomic E-state index is 11.4. The van der Waals surface area contributed by atoms with Crippen molar-refractivity contribution in [3.63, 3.8) is 0 Å². The van der Waals surface area contributed by atoms with Gasteiger partial charge in [-0.1, -0.05) is 0 Å². The summed E-state index contributed by atoms with van der Waals surface area (Å²) in [6, 6.07) is 0.756. The Balaban J connectivity index is 1.86. The molecule has 0 aromatic carbocycles. The lowest BCUT2D eigenvalue weighted by atomic mass is 10.0. The quantitative estimate of drug-likeness (QED) is 0.679. The first-order chi connectivity index (χ1) is 6.86. The van der Waals surface area contributed by atoms with Crippen molar-refractivity contribution >= 4 is 10.8 Å². The number of hydrogen-bond acceptors (Lipinski definition) is 3. The molecule has 14 heavy (non-hydrogen) atoms. The van der Waals surface area contributed by atoms with E-state index in [1.54, 1.807) is 0 Å². The number of nitrogens with zero attached hydrogens (tertiary/aromatic N) is 1. The molecule has 2 saturated heterocycles. The van der Waals surface area contributed by atoms with Crippen LogP contribution in [0.5, 0.6) is 0 Å². The number of piperidine rings is 1. The van der Waals surface area contributed by atoms with Gasteiger partial charge in [-0.15, -0.1) is 0 Å². The van der Waals surface area contributed by atoms with Gasteiger partial charge in [0, 0.05) is 34.9 Å². The molecule has 3 nitrogen and oxygen atoms in total. The van der Waals surface area contributed by atoms with Crippen molar-refractivity contribution in [2.45, 2.75) is 25.3 Å². The molecule has 1 unspecified atom stereocenters. The molecule has 2 heterocycles. The average Bonchev–Trinajstić information content (AvgIpc) is 2.44. The molecule has 2 fully saturated rings. The molecule has 1 atom stereocenters. The van der Waals surface area contributed by atoms with Crippen LogP contribution < -0.4 is 5.32 Å². The molecule has 2 aliphatic rings. The van der Waals surface area contributed by atoms with Gasteiger partial charge in [-0.2, -0.15) is 0 Å². The van der Waals surface area contributed by atoms with Gasteiger partial charge in [0.05, 0.1) is 0 Å². The molecule has 0 saturated carbocycles. The van der Waals surface area contributed by atoms with E-state index in [9.17, 15) is 4.21 Å². The maximum atomic E-state index is 11.4. The van der Waals surface area contributed by atoms with Crippen molar-refractivity contribution in [2.24, 2.45) is 0 Å². The van der Waals surface area contributed by atoms with Gasteiger partial charge in [-0.05, 0) is 38.9 Å². The number of nitrogens with one attached hydrogen (secondary N) is 1. The third-order valence-corrected chi connectivity index (χ3v) is 4.63. The van der Waals surface area contributed by atoms with Crippen LogP contribution in [0.4, 0.5) is 0 Å². The van der Waals surface area contributed by atoms with E-state index in [1.807, 2.05) is 0 Å². The van der Waals surface area contributed by atoms with Gasteiger partial charge < -0.3 is 5.32 Å². The Kier molecular flexibility index (Phi) is 3.96. The fourth-order valence-corrected chi connectivity index (χ4v) is 3.49. The topological polar surface area (TPSA) is 32.3 Å². The summed E-state index contributed by atoms with van der Waals surface area (Å²) in [5.74, 6) is 1.81. The van der Waals surface area contributed by atoms with Crippen LogP contribution in [-0.2, 0) is 10.8 Å². The Morgan fingerprint density at radius 2 is 1.93 bits per heavy atom. The Hall–Kier alpha value is 0.0700. The lowest BCUT2D eigenvalue weighted by molar-refractivity contribution is 0.174. The predicted molar refractivity (Wildman–Crippen MR) is 60.0 cm³/mol. The molecule has 0 spiro atoms. The fraction of sp³-hybridized carbons (Fsp3) is 1.00. The molecule has 1 N–H and O–H groups in total. The zero-order chi connectivity index (χ0) is 9.80. The van der Waals surface area contributed by atoms with Crippen molar-refractivity contribution in [3.8, 4) is 0 Å². The predicted octanol–water partition coefficient (Wildman–Crippen LogP) is 0.193. The highest BCUT2D eigenvalue weighted by atomic mass is 32.2. The third-order valence-electron chi connectivity index (χ3n) is 3.25. The Morgan fingerprint density at radius 3 is 2.71 bits per heavy atom. The SMILES string of the molecule is O=S1CCCN(C2CCNCC2)CC1. The zero-order valence-corrected chi connectivity index (χ0v) is 9.52. The standard InChI is InChI=1S/C10H20N2OS/c13-14-8-1-6-12(7-9-14)10-2-4-11-5-3-10/h10-11H,1-9H2. The van der Waals surface area contributed by atoms with Gasteiger partial charge in [0.15, 0.2) is 0 Å². The fourth-order valence-electron chi connectivity index (χ4n) is 2.40. The van der Waals surface area contributed by atoms with E-state index in [4.69, 9.17) is 0 Å². The highest BCUT2D eigenvalue weighted by molar-refractivity contribution is 7.85. The van der Waals surface area contributed by atoms with Crippen molar-refractivity contribution in [1.82, 2.24) is 10.2 Å². The smallest absolute Gasteiger partial charge is 0.0362 e. The zero-order valence-electron chi connectivity index (χ0n) is 8.71. The molecular weight excluding hydrogens is 196 g/mol. The summed E-state index contributed by atoms with van der Waals surface area (Å²) in [5, 5.41) is 3.39. The lowest BCUT2D eigenvalue weighted by Gasteiger charge is -2.33. The highest BCUT2D eigenvalue weighted by Crippen LogP contribution is 2.14. The second-order valence-corrected chi connectivity index (χ2v) is 5.91. The Labute approximate surface area is 88.7 Å². The summed E-state index contributed by atoms with van der Waals surface area (Å²) in [6.07, 6.45) is 3.66.